The van der Waals surface area contributed by atoms with E-state index in [4.69, 9.17) is 23.2 Å². The molecule has 4 nitrogen and oxygen atoms in total. The zero-order valence-electron chi connectivity index (χ0n) is 11.8. The van der Waals surface area contributed by atoms with Crippen LogP contribution in [0, 0.1) is 5.41 Å². The fourth-order valence-electron chi connectivity index (χ4n) is 1.69. The molecule has 0 unspecified atom stereocenters. The quantitative estimate of drug-likeness (QED) is 0.621. The number of Topliss-reactive ketones (excluding diaryl/α,β-unsaturated/α-hetero) is 1. The number of hydrogen-bond acceptors (Lipinski definition) is 3. The van der Waals surface area contributed by atoms with E-state index < -0.39 is 5.41 Å². The molecule has 2 aromatic rings. The Balaban J connectivity index is 2.47. The Morgan fingerprint density at radius 2 is 2.00 bits per heavy atom. The van der Waals surface area contributed by atoms with E-state index in [-0.39, 0.29) is 11.7 Å². The van der Waals surface area contributed by atoms with Crippen LogP contribution in [-0.4, -0.2) is 26.4 Å². The fourth-order valence-corrected chi connectivity index (χ4v) is 1.94. The molecule has 0 radical (unpaired) electrons. The van der Waals surface area contributed by atoms with Crippen LogP contribution in [0.2, 0.25) is 5.02 Å². The molecule has 1 aromatic heterocycles. The third-order valence-electron chi connectivity index (χ3n) is 3.02. The number of allylic oxidation sites excluding steroid dienone is 1. The second-order valence-electron chi connectivity index (χ2n) is 5.27. The second kappa shape index (κ2) is 6.41. The highest BCUT2D eigenvalue weighted by atomic mass is 35.5. The predicted molar refractivity (Wildman–Crippen MR) is 85.1 cm³/mol. The van der Waals surface area contributed by atoms with Crippen molar-refractivity contribution in [3.05, 3.63) is 47.5 Å². The van der Waals surface area contributed by atoms with Crippen LogP contribution in [0.1, 0.15) is 19.4 Å². The monoisotopic (exact) mass is 323 g/mol. The van der Waals surface area contributed by atoms with Crippen molar-refractivity contribution in [2.24, 2.45) is 5.41 Å². The lowest BCUT2D eigenvalue weighted by atomic mass is 9.88. The van der Waals surface area contributed by atoms with Crippen LogP contribution in [-0.2, 0) is 4.79 Å². The molecule has 0 saturated carbocycles. The van der Waals surface area contributed by atoms with Gasteiger partial charge in [0.2, 0.25) is 0 Å². The third-order valence-corrected chi connectivity index (χ3v) is 3.94. The van der Waals surface area contributed by atoms with Crippen LogP contribution in [0.25, 0.3) is 11.8 Å². The van der Waals surface area contributed by atoms with Gasteiger partial charge in [-0.1, -0.05) is 37.6 Å². The molecule has 0 bridgehead atoms. The molecule has 1 aromatic carbocycles. The van der Waals surface area contributed by atoms with Crippen LogP contribution in [0.15, 0.2) is 36.9 Å². The van der Waals surface area contributed by atoms with Gasteiger partial charge < -0.3 is 0 Å². The van der Waals surface area contributed by atoms with Gasteiger partial charge in [0.1, 0.15) is 18.4 Å². The fraction of sp³-hybridized carbons (Fsp3) is 0.267. The maximum Gasteiger partial charge on any atom is 0.188 e. The summed E-state index contributed by atoms with van der Waals surface area (Å²) in [6.07, 6.45) is 4.63. The summed E-state index contributed by atoms with van der Waals surface area (Å²) in [6.45, 7) is 3.60. The van der Waals surface area contributed by atoms with Gasteiger partial charge in [-0.3, -0.25) is 4.79 Å². The number of carbonyl (C=O) groups excluding carboxylic acids is 1. The Hall–Kier alpha value is -1.65. The number of rotatable bonds is 5. The lowest BCUT2D eigenvalue weighted by Crippen LogP contribution is -2.29. The first kappa shape index (κ1) is 15.7. The first-order valence-electron chi connectivity index (χ1n) is 6.37. The zero-order valence-corrected chi connectivity index (χ0v) is 13.3. The summed E-state index contributed by atoms with van der Waals surface area (Å²) in [5.74, 6) is 0.122. The molecule has 0 fully saturated rings. The van der Waals surface area contributed by atoms with Crippen molar-refractivity contribution in [1.82, 2.24) is 14.8 Å². The molecule has 0 aliphatic heterocycles. The SMILES string of the molecule is CC(C)(CCl)C(=O)C(=Cc1ccc(Cl)cc1)n1cncn1. The number of benzene rings is 1. The van der Waals surface area contributed by atoms with Crippen molar-refractivity contribution in [2.45, 2.75) is 13.8 Å². The number of nitrogens with zero attached hydrogens (tertiary/aromatic N) is 3. The molecular weight excluding hydrogens is 309 g/mol. The maximum atomic E-state index is 12.7. The normalized spacial score (nSPS) is 12.5. The minimum atomic E-state index is -0.689. The van der Waals surface area contributed by atoms with Gasteiger partial charge in [-0.05, 0) is 23.8 Å². The first-order chi connectivity index (χ1) is 9.94. The topological polar surface area (TPSA) is 47.8 Å². The summed E-state index contributed by atoms with van der Waals surface area (Å²) < 4.78 is 1.45. The Bertz CT molecular complexity index is 646. The Morgan fingerprint density at radius 3 is 2.52 bits per heavy atom. The molecular formula is C15H15Cl2N3O. The number of halogens is 2. The number of aromatic nitrogens is 3. The molecule has 0 atom stereocenters. The molecule has 6 heteroatoms. The lowest BCUT2D eigenvalue weighted by Gasteiger charge is -2.21. The number of ketones is 1. The standard InChI is InChI=1S/C15H15Cl2N3O/c1-15(2,8-16)14(21)13(20-10-18-9-19-20)7-11-3-5-12(17)6-4-11/h3-7,9-10H,8H2,1-2H3. The van der Waals surface area contributed by atoms with Crippen molar-refractivity contribution in [2.75, 3.05) is 5.88 Å². The van der Waals surface area contributed by atoms with E-state index in [0.29, 0.717) is 10.7 Å². The van der Waals surface area contributed by atoms with Crippen LogP contribution in [0.5, 0.6) is 0 Å². The molecule has 1 heterocycles. The zero-order chi connectivity index (χ0) is 15.5. The number of alkyl halides is 1. The molecule has 0 aliphatic carbocycles. The smallest absolute Gasteiger partial charge is 0.188 e. The summed E-state index contributed by atoms with van der Waals surface area (Å²) in [5.41, 5.74) is 0.579. The second-order valence-corrected chi connectivity index (χ2v) is 5.97. The molecule has 0 saturated heterocycles. The van der Waals surface area contributed by atoms with Crippen molar-refractivity contribution >= 4 is 40.8 Å². The van der Waals surface area contributed by atoms with Gasteiger partial charge >= 0.3 is 0 Å². The molecule has 0 spiro atoms. The van der Waals surface area contributed by atoms with E-state index in [1.165, 1.54) is 17.3 Å². The highest BCUT2D eigenvalue weighted by Gasteiger charge is 2.30. The Morgan fingerprint density at radius 1 is 1.33 bits per heavy atom. The minimum absolute atomic E-state index is 0.0991. The number of carbonyl (C=O) groups is 1. The van der Waals surface area contributed by atoms with Gasteiger partial charge in [0.05, 0.1) is 0 Å². The van der Waals surface area contributed by atoms with Gasteiger partial charge in [-0.2, -0.15) is 5.10 Å². The molecule has 110 valence electrons. The third kappa shape index (κ3) is 3.71. The van der Waals surface area contributed by atoms with Gasteiger partial charge in [0.15, 0.2) is 5.78 Å². The van der Waals surface area contributed by atoms with Gasteiger partial charge in [-0.25, -0.2) is 9.67 Å². The molecule has 0 aliphatic rings. The maximum absolute atomic E-state index is 12.7. The summed E-state index contributed by atoms with van der Waals surface area (Å²) in [4.78, 5) is 16.6. The van der Waals surface area contributed by atoms with Crippen molar-refractivity contribution in [3.63, 3.8) is 0 Å². The van der Waals surface area contributed by atoms with Gasteiger partial charge in [-0.15, -0.1) is 11.6 Å². The van der Waals surface area contributed by atoms with Crippen LogP contribution < -0.4 is 0 Å². The van der Waals surface area contributed by atoms with Crippen LogP contribution in [0.3, 0.4) is 0 Å². The highest BCUT2D eigenvalue weighted by molar-refractivity contribution is 6.30. The summed E-state index contributed by atoms with van der Waals surface area (Å²) in [5, 5.41) is 4.69. The largest absolute Gasteiger partial charge is 0.292 e. The van der Waals surface area contributed by atoms with Crippen molar-refractivity contribution < 1.29 is 4.79 Å². The van der Waals surface area contributed by atoms with Crippen LogP contribution in [0.4, 0.5) is 0 Å². The van der Waals surface area contributed by atoms with Gasteiger partial charge in [0.25, 0.3) is 0 Å². The van der Waals surface area contributed by atoms with E-state index in [1.807, 2.05) is 12.1 Å². The first-order valence-corrected chi connectivity index (χ1v) is 7.28. The van der Waals surface area contributed by atoms with Crippen molar-refractivity contribution in [3.8, 4) is 0 Å². The lowest BCUT2D eigenvalue weighted by molar-refractivity contribution is -0.120. The van der Waals surface area contributed by atoms with E-state index >= 15 is 0 Å². The summed E-state index contributed by atoms with van der Waals surface area (Å²) >= 11 is 11.8. The highest BCUT2D eigenvalue weighted by Crippen LogP contribution is 2.26. The average molecular weight is 324 g/mol. The van der Waals surface area contributed by atoms with E-state index in [9.17, 15) is 4.79 Å². The number of hydrogen-bond donors (Lipinski definition) is 0. The van der Waals surface area contributed by atoms with E-state index in [1.54, 1.807) is 32.1 Å². The van der Waals surface area contributed by atoms with Crippen LogP contribution >= 0.6 is 23.2 Å². The molecule has 0 amide bonds. The molecule has 0 N–H and O–H groups in total. The average Bonchev–Trinajstić information content (AvgIpc) is 3.00. The predicted octanol–water partition coefficient (Wildman–Crippen LogP) is 3.76. The van der Waals surface area contributed by atoms with E-state index in [0.717, 1.165) is 5.56 Å². The summed E-state index contributed by atoms with van der Waals surface area (Å²) in [7, 11) is 0. The Labute approximate surface area is 133 Å². The van der Waals surface area contributed by atoms with Gasteiger partial charge in [0, 0.05) is 16.3 Å². The minimum Gasteiger partial charge on any atom is -0.292 e. The van der Waals surface area contributed by atoms with Crippen molar-refractivity contribution in [1.29, 1.82) is 0 Å². The molecule has 21 heavy (non-hydrogen) atoms. The van der Waals surface area contributed by atoms with E-state index in [2.05, 4.69) is 10.1 Å². The summed E-state index contributed by atoms with van der Waals surface area (Å²) in [6, 6.07) is 7.20. The Kier molecular flexibility index (Phi) is 4.80. The molecule has 2 rings (SSSR count).